The molecule has 0 unspecified atom stereocenters. The van der Waals surface area contributed by atoms with Gasteiger partial charge in [-0.05, 0) is 42.3 Å². The second kappa shape index (κ2) is 7.13. The molecule has 0 radical (unpaired) electrons. The number of fused-ring (bicyclic) bond motifs is 1. The maximum atomic E-state index is 12.6. The highest BCUT2D eigenvalue weighted by atomic mass is 16.5. The number of hydrogen-bond acceptors (Lipinski definition) is 4. The quantitative estimate of drug-likeness (QED) is 0.870. The molecule has 1 aromatic heterocycles. The van der Waals surface area contributed by atoms with Gasteiger partial charge in [0.05, 0.1) is 13.2 Å². The Kier molecular flexibility index (Phi) is 4.76. The van der Waals surface area contributed by atoms with Crippen LogP contribution in [0.25, 0.3) is 0 Å². The third-order valence-corrected chi connectivity index (χ3v) is 3.83. The van der Waals surface area contributed by atoms with Crippen molar-refractivity contribution in [2.45, 2.75) is 12.8 Å². The van der Waals surface area contributed by atoms with Crippen LogP contribution in [-0.2, 0) is 6.42 Å². The Labute approximate surface area is 135 Å². The average Bonchev–Trinajstić information content (AvgIpc) is 2.84. The first-order valence-corrected chi connectivity index (χ1v) is 7.78. The first-order chi connectivity index (χ1) is 11.2. The Balaban J connectivity index is 1.66. The first kappa shape index (κ1) is 15.3. The van der Waals surface area contributed by atoms with E-state index in [1.54, 1.807) is 29.4 Å². The van der Waals surface area contributed by atoms with Crippen LogP contribution in [0.15, 0.2) is 42.7 Å². The molecule has 0 atom stereocenters. The number of aromatic nitrogens is 1. The van der Waals surface area contributed by atoms with Crippen molar-refractivity contribution >= 4 is 5.91 Å². The number of hydrogen-bond donors (Lipinski definition) is 0. The number of benzene rings is 1. The van der Waals surface area contributed by atoms with E-state index < -0.39 is 0 Å². The van der Waals surface area contributed by atoms with E-state index in [4.69, 9.17) is 9.47 Å². The minimum Gasteiger partial charge on any atom is -0.490 e. The van der Waals surface area contributed by atoms with E-state index in [1.165, 1.54) is 5.56 Å². The van der Waals surface area contributed by atoms with Crippen LogP contribution in [0.1, 0.15) is 22.3 Å². The van der Waals surface area contributed by atoms with Gasteiger partial charge in [0.15, 0.2) is 11.5 Å². The summed E-state index contributed by atoms with van der Waals surface area (Å²) in [6, 6.07) is 9.30. The summed E-state index contributed by atoms with van der Waals surface area (Å²) < 4.78 is 11.2. The third kappa shape index (κ3) is 3.80. The molecule has 0 fully saturated rings. The smallest absolute Gasteiger partial charge is 0.253 e. The van der Waals surface area contributed by atoms with E-state index in [2.05, 4.69) is 4.98 Å². The minimum atomic E-state index is -0.0188. The highest BCUT2D eigenvalue weighted by Crippen LogP contribution is 2.30. The van der Waals surface area contributed by atoms with Crippen molar-refractivity contribution in [2.75, 3.05) is 26.8 Å². The molecule has 2 aromatic rings. The van der Waals surface area contributed by atoms with Crippen molar-refractivity contribution in [1.29, 1.82) is 0 Å². The van der Waals surface area contributed by atoms with Crippen molar-refractivity contribution in [2.24, 2.45) is 0 Å². The molecular formula is C18H20N2O3. The van der Waals surface area contributed by atoms with Crippen LogP contribution in [-0.4, -0.2) is 42.6 Å². The van der Waals surface area contributed by atoms with E-state index in [1.807, 2.05) is 25.2 Å². The van der Waals surface area contributed by atoms with Crippen LogP contribution >= 0.6 is 0 Å². The van der Waals surface area contributed by atoms with Gasteiger partial charge in [0.25, 0.3) is 5.91 Å². The number of carbonyl (C=O) groups excluding carboxylic acids is 1. The topological polar surface area (TPSA) is 51.7 Å². The number of amides is 1. The van der Waals surface area contributed by atoms with Gasteiger partial charge < -0.3 is 14.4 Å². The Bertz CT molecular complexity index is 673. The molecule has 0 saturated heterocycles. The van der Waals surface area contributed by atoms with Gasteiger partial charge >= 0.3 is 0 Å². The number of likely N-dealkylation sites (N-methyl/N-ethyl adjacent to an activating group) is 1. The number of carbonyl (C=O) groups is 1. The van der Waals surface area contributed by atoms with E-state index >= 15 is 0 Å². The zero-order valence-corrected chi connectivity index (χ0v) is 13.2. The van der Waals surface area contributed by atoms with Crippen LogP contribution < -0.4 is 9.47 Å². The number of nitrogens with zero attached hydrogens (tertiary/aromatic N) is 2. The highest BCUT2D eigenvalue weighted by Gasteiger charge is 2.16. The van der Waals surface area contributed by atoms with Gasteiger partial charge in [0, 0.05) is 38.0 Å². The molecule has 120 valence electrons. The van der Waals surface area contributed by atoms with Gasteiger partial charge in [0.1, 0.15) is 0 Å². The first-order valence-electron chi connectivity index (χ1n) is 7.78. The van der Waals surface area contributed by atoms with Crippen LogP contribution in [0, 0.1) is 0 Å². The lowest BCUT2D eigenvalue weighted by Crippen LogP contribution is -2.28. The predicted molar refractivity (Wildman–Crippen MR) is 87.0 cm³/mol. The molecule has 1 aromatic carbocycles. The fourth-order valence-electron chi connectivity index (χ4n) is 2.46. The molecule has 5 heteroatoms. The summed E-state index contributed by atoms with van der Waals surface area (Å²) in [7, 11) is 1.81. The van der Waals surface area contributed by atoms with E-state index in [9.17, 15) is 4.79 Å². The second-order valence-corrected chi connectivity index (χ2v) is 5.54. The largest absolute Gasteiger partial charge is 0.490 e. The maximum Gasteiger partial charge on any atom is 0.253 e. The lowest BCUT2D eigenvalue weighted by molar-refractivity contribution is 0.0796. The molecule has 23 heavy (non-hydrogen) atoms. The van der Waals surface area contributed by atoms with E-state index in [0.717, 1.165) is 12.8 Å². The average molecular weight is 312 g/mol. The monoisotopic (exact) mass is 312 g/mol. The molecule has 1 aliphatic heterocycles. The summed E-state index contributed by atoms with van der Waals surface area (Å²) in [4.78, 5) is 18.3. The molecule has 0 spiro atoms. The summed E-state index contributed by atoms with van der Waals surface area (Å²) in [5.74, 6) is 1.34. The Morgan fingerprint density at radius 2 is 1.87 bits per heavy atom. The fourth-order valence-corrected chi connectivity index (χ4v) is 2.46. The van der Waals surface area contributed by atoms with Crippen molar-refractivity contribution in [3.63, 3.8) is 0 Å². The second-order valence-electron chi connectivity index (χ2n) is 5.54. The summed E-state index contributed by atoms with van der Waals surface area (Å²) in [6.07, 6.45) is 5.18. The molecule has 3 rings (SSSR count). The SMILES string of the molecule is CN(CCc1ccncc1)C(=O)c1ccc2c(c1)OCCCO2. The molecular weight excluding hydrogens is 292 g/mol. The molecule has 0 N–H and O–H groups in total. The molecule has 0 saturated carbocycles. The normalized spacial score (nSPS) is 13.3. The van der Waals surface area contributed by atoms with Gasteiger partial charge in [-0.1, -0.05) is 0 Å². The minimum absolute atomic E-state index is 0.0188. The van der Waals surface area contributed by atoms with E-state index in [-0.39, 0.29) is 5.91 Å². The predicted octanol–water partition coefficient (Wildman–Crippen LogP) is 2.56. The van der Waals surface area contributed by atoms with Gasteiger partial charge in [-0.3, -0.25) is 9.78 Å². The standard InChI is InChI=1S/C18H20N2O3/c1-20(10-7-14-5-8-19-9-6-14)18(21)15-3-4-16-17(13-15)23-12-2-11-22-16/h3-6,8-9,13H,2,7,10-12H2,1H3. The Morgan fingerprint density at radius 3 is 2.65 bits per heavy atom. The van der Waals surface area contributed by atoms with Crippen molar-refractivity contribution < 1.29 is 14.3 Å². The molecule has 0 bridgehead atoms. The van der Waals surface area contributed by atoms with Gasteiger partial charge in [-0.25, -0.2) is 0 Å². The zero-order chi connectivity index (χ0) is 16.1. The number of pyridine rings is 1. The summed E-state index contributed by atoms with van der Waals surface area (Å²) >= 11 is 0. The maximum absolute atomic E-state index is 12.6. The lowest BCUT2D eigenvalue weighted by atomic mass is 10.1. The van der Waals surface area contributed by atoms with Crippen molar-refractivity contribution in [3.05, 3.63) is 53.9 Å². The van der Waals surface area contributed by atoms with Crippen LogP contribution in [0.4, 0.5) is 0 Å². The zero-order valence-electron chi connectivity index (χ0n) is 13.2. The lowest BCUT2D eigenvalue weighted by Gasteiger charge is -2.18. The molecule has 0 aliphatic carbocycles. The van der Waals surface area contributed by atoms with Crippen molar-refractivity contribution in [3.8, 4) is 11.5 Å². The number of ether oxygens (including phenoxy) is 2. The highest BCUT2D eigenvalue weighted by molar-refractivity contribution is 5.94. The Morgan fingerprint density at radius 1 is 1.13 bits per heavy atom. The fraction of sp³-hybridized carbons (Fsp3) is 0.333. The van der Waals surface area contributed by atoms with Crippen LogP contribution in [0.3, 0.4) is 0 Å². The summed E-state index contributed by atoms with van der Waals surface area (Å²) in [5.41, 5.74) is 1.78. The van der Waals surface area contributed by atoms with Crippen molar-refractivity contribution in [1.82, 2.24) is 9.88 Å². The van der Waals surface area contributed by atoms with Gasteiger partial charge in [-0.15, -0.1) is 0 Å². The Hall–Kier alpha value is -2.56. The van der Waals surface area contributed by atoms with Crippen LogP contribution in [0.2, 0.25) is 0 Å². The molecule has 1 aliphatic rings. The van der Waals surface area contributed by atoms with E-state index in [0.29, 0.717) is 36.8 Å². The summed E-state index contributed by atoms with van der Waals surface area (Å²) in [5, 5.41) is 0. The number of rotatable bonds is 4. The third-order valence-electron chi connectivity index (χ3n) is 3.83. The molecule has 2 heterocycles. The van der Waals surface area contributed by atoms with Gasteiger partial charge in [-0.2, -0.15) is 0 Å². The molecule has 5 nitrogen and oxygen atoms in total. The molecule has 1 amide bonds. The summed E-state index contributed by atoms with van der Waals surface area (Å²) in [6.45, 7) is 1.91. The van der Waals surface area contributed by atoms with Gasteiger partial charge in [0.2, 0.25) is 0 Å². The van der Waals surface area contributed by atoms with Crippen LogP contribution in [0.5, 0.6) is 11.5 Å².